The van der Waals surface area contributed by atoms with Crippen molar-refractivity contribution in [3.05, 3.63) is 48.3 Å². The van der Waals surface area contributed by atoms with Crippen LogP contribution in [-0.4, -0.2) is 19.9 Å². The van der Waals surface area contributed by atoms with Gasteiger partial charge in [-0.25, -0.2) is 13.9 Å². The summed E-state index contributed by atoms with van der Waals surface area (Å²) >= 11 is 0. The predicted molar refractivity (Wildman–Crippen MR) is 88.9 cm³/mol. The van der Waals surface area contributed by atoms with Crippen molar-refractivity contribution in [1.82, 2.24) is 11.1 Å². The summed E-state index contributed by atoms with van der Waals surface area (Å²) in [4.78, 5) is 21.6. The van der Waals surface area contributed by atoms with Gasteiger partial charge in [0.25, 0.3) is 0 Å². The molecule has 0 saturated heterocycles. The lowest BCUT2D eigenvalue weighted by Crippen LogP contribution is -1.93. The molecule has 0 spiro atoms. The normalized spacial score (nSPS) is 11.2. The Morgan fingerprint density at radius 3 is 2.60 bits per heavy atom. The largest absolute Gasteiger partial charge is 0.524 e. The Hall–Kier alpha value is -2.71. The maximum Gasteiger partial charge on any atom is 0.524 e. The molecule has 0 aliphatic carbocycles. The van der Waals surface area contributed by atoms with Gasteiger partial charge < -0.3 is 20.2 Å². The van der Waals surface area contributed by atoms with Gasteiger partial charge in [0.15, 0.2) is 17.1 Å². The Kier molecular flexibility index (Phi) is 4.96. The average molecular weight is 368 g/mol. The quantitative estimate of drug-likeness (QED) is 0.510. The molecule has 1 aromatic heterocycles. The third-order valence-electron chi connectivity index (χ3n) is 3.12. The number of oxazole rings is 1. The molecule has 6 N–H and O–H groups in total. The van der Waals surface area contributed by atoms with Crippen molar-refractivity contribution in [3.8, 4) is 23.0 Å². The second kappa shape index (κ2) is 6.66. The van der Waals surface area contributed by atoms with E-state index in [1.165, 1.54) is 24.3 Å². The molecular formula is C15H14FN2O6P. The van der Waals surface area contributed by atoms with Crippen LogP contribution in [0.5, 0.6) is 11.5 Å². The first-order chi connectivity index (χ1) is 11.3. The zero-order valence-electron chi connectivity index (χ0n) is 12.7. The highest BCUT2D eigenvalue weighted by Crippen LogP contribution is 2.39. The summed E-state index contributed by atoms with van der Waals surface area (Å²) in [7, 11) is -4.86. The second-order valence-electron chi connectivity index (χ2n) is 4.83. The Morgan fingerprint density at radius 1 is 1.28 bits per heavy atom. The lowest BCUT2D eigenvalue weighted by Gasteiger charge is -2.07. The van der Waals surface area contributed by atoms with E-state index < -0.39 is 19.4 Å². The maximum atomic E-state index is 13.9. The van der Waals surface area contributed by atoms with Crippen molar-refractivity contribution in [3.63, 3.8) is 0 Å². The minimum absolute atomic E-state index is 0. The van der Waals surface area contributed by atoms with Crippen molar-refractivity contribution in [2.45, 2.75) is 0 Å². The summed E-state index contributed by atoms with van der Waals surface area (Å²) in [5.74, 6) is -1.52. The van der Waals surface area contributed by atoms with E-state index in [1.54, 1.807) is 0 Å². The van der Waals surface area contributed by atoms with Crippen LogP contribution in [0.25, 0.3) is 28.6 Å². The standard InChI is InChI=1S/C15H11FNO6P.H3N/c1-2-8-5-10(18)7-12-14(8)22-15(17-12)9-3-4-13(11(16)6-9)23-24(19,20)21;/h2-7,18H,1H2,(H2,19,20,21);1H3. The number of rotatable bonds is 4. The molecule has 0 radical (unpaired) electrons. The lowest BCUT2D eigenvalue weighted by molar-refractivity contribution is 0.278. The van der Waals surface area contributed by atoms with Gasteiger partial charge in [-0.1, -0.05) is 12.7 Å². The predicted octanol–water partition coefficient (Wildman–Crippen LogP) is 3.62. The maximum absolute atomic E-state index is 13.9. The number of fused-ring (bicyclic) bond motifs is 1. The molecule has 10 heteroatoms. The third-order valence-corrected chi connectivity index (χ3v) is 3.55. The van der Waals surface area contributed by atoms with Crippen LogP contribution in [0.3, 0.4) is 0 Å². The Balaban J connectivity index is 0.00000225. The van der Waals surface area contributed by atoms with Gasteiger partial charge in [-0.3, -0.25) is 9.79 Å². The molecule has 0 unspecified atom stereocenters. The fraction of sp³-hybridized carbons (Fsp3) is 0. The summed E-state index contributed by atoms with van der Waals surface area (Å²) < 4.78 is 34.5. The van der Waals surface area contributed by atoms with Gasteiger partial charge in [-0.2, -0.15) is 0 Å². The van der Waals surface area contributed by atoms with E-state index in [2.05, 4.69) is 16.1 Å². The number of hydrogen-bond donors (Lipinski definition) is 4. The molecule has 0 saturated carbocycles. The zero-order chi connectivity index (χ0) is 17.5. The second-order valence-corrected chi connectivity index (χ2v) is 6.00. The van der Waals surface area contributed by atoms with Crippen LogP contribution in [0.4, 0.5) is 4.39 Å². The number of aromatic hydroxyl groups is 1. The van der Waals surface area contributed by atoms with Gasteiger partial charge in [-0.15, -0.1) is 0 Å². The number of hydrogen-bond acceptors (Lipinski definition) is 6. The molecule has 2 aromatic carbocycles. The van der Waals surface area contributed by atoms with E-state index in [4.69, 9.17) is 14.2 Å². The first kappa shape index (κ1) is 18.6. The molecule has 0 atom stereocenters. The van der Waals surface area contributed by atoms with Crippen LogP contribution in [-0.2, 0) is 4.57 Å². The highest BCUT2D eigenvalue weighted by molar-refractivity contribution is 7.46. The fourth-order valence-corrected chi connectivity index (χ4v) is 2.56. The Labute approximate surface area is 141 Å². The number of aromatic nitrogens is 1. The number of halogens is 1. The number of phosphoric ester groups is 1. The topological polar surface area (TPSA) is 148 Å². The molecule has 3 rings (SSSR count). The van der Waals surface area contributed by atoms with Crippen LogP contribution < -0.4 is 10.7 Å². The van der Waals surface area contributed by atoms with Gasteiger partial charge >= 0.3 is 7.82 Å². The SMILES string of the molecule is C=Cc1cc(O)cc2nc(-c3ccc(OP(=O)(O)O)c(F)c3)oc12.N. The van der Waals surface area contributed by atoms with E-state index in [-0.39, 0.29) is 23.4 Å². The van der Waals surface area contributed by atoms with Crippen molar-refractivity contribution in [2.24, 2.45) is 0 Å². The first-order valence-corrected chi connectivity index (χ1v) is 8.11. The molecule has 132 valence electrons. The lowest BCUT2D eigenvalue weighted by atomic mass is 10.2. The summed E-state index contributed by atoms with van der Waals surface area (Å²) in [5, 5.41) is 9.63. The van der Waals surface area contributed by atoms with Gasteiger partial charge in [0.1, 0.15) is 11.3 Å². The van der Waals surface area contributed by atoms with E-state index in [9.17, 15) is 14.1 Å². The van der Waals surface area contributed by atoms with E-state index >= 15 is 0 Å². The molecule has 25 heavy (non-hydrogen) atoms. The number of benzene rings is 2. The van der Waals surface area contributed by atoms with Crippen LogP contribution in [0.2, 0.25) is 0 Å². The molecule has 1 heterocycles. The third kappa shape index (κ3) is 3.86. The van der Waals surface area contributed by atoms with E-state index in [0.717, 1.165) is 12.1 Å². The highest BCUT2D eigenvalue weighted by Gasteiger charge is 2.20. The fourth-order valence-electron chi connectivity index (χ4n) is 2.15. The number of phosphoric acid groups is 1. The van der Waals surface area contributed by atoms with Crippen LogP contribution in [0.1, 0.15) is 5.56 Å². The molecule has 0 amide bonds. The van der Waals surface area contributed by atoms with Crippen LogP contribution in [0.15, 0.2) is 41.3 Å². The minimum Gasteiger partial charge on any atom is -0.508 e. The van der Waals surface area contributed by atoms with Crippen LogP contribution >= 0.6 is 7.82 Å². The Bertz CT molecular complexity index is 997. The van der Waals surface area contributed by atoms with E-state index in [0.29, 0.717) is 16.7 Å². The van der Waals surface area contributed by atoms with Crippen molar-refractivity contribution >= 4 is 25.0 Å². The molecule has 0 aliphatic rings. The molecular weight excluding hydrogens is 354 g/mol. The molecule has 0 aliphatic heterocycles. The number of nitrogens with zero attached hydrogens (tertiary/aromatic N) is 1. The molecule has 0 fully saturated rings. The average Bonchev–Trinajstić information content (AvgIpc) is 2.90. The minimum atomic E-state index is -4.86. The first-order valence-electron chi connectivity index (χ1n) is 6.58. The summed E-state index contributed by atoms with van der Waals surface area (Å²) in [5.41, 5.74) is 1.48. The smallest absolute Gasteiger partial charge is 0.508 e. The van der Waals surface area contributed by atoms with Crippen molar-refractivity contribution in [1.29, 1.82) is 0 Å². The summed E-state index contributed by atoms with van der Waals surface area (Å²) in [6.45, 7) is 3.61. The van der Waals surface area contributed by atoms with Crippen molar-refractivity contribution in [2.75, 3.05) is 0 Å². The number of phenolic OH excluding ortho intramolecular Hbond substituents is 1. The summed E-state index contributed by atoms with van der Waals surface area (Å²) in [6, 6.07) is 6.21. The van der Waals surface area contributed by atoms with Gasteiger partial charge in [0, 0.05) is 17.2 Å². The van der Waals surface area contributed by atoms with Crippen LogP contribution in [0, 0.1) is 5.82 Å². The zero-order valence-corrected chi connectivity index (χ0v) is 13.6. The monoisotopic (exact) mass is 368 g/mol. The van der Waals surface area contributed by atoms with Gasteiger partial charge in [-0.05, 0) is 24.3 Å². The van der Waals surface area contributed by atoms with Gasteiger partial charge in [0.2, 0.25) is 5.89 Å². The van der Waals surface area contributed by atoms with Gasteiger partial charge in [0.05, 0.1) is 0 Å². The molecule has 3 aromatic rings. The number of phenols is 1. The van der Waals surface area contributed by atoms with Crippen molar-refractivity contribution < 1.29 is 32.8 Å². The summed E-state index contributed by atoms with van der Waals surface area (Å²) in [6.07, 6.45) is 1.48. The Morgan fingerprint density at radius 2 is 2.00 bits per heavy atom. The highest BCUT2D eigenvalue weighted by atomic mass is 31.2. The van der Waals surface area contributed by atoms with E-state index in [1.807, 2.05) is 0 Å². The molecule has 0 bridgehead atoms. The molecule has 8 nitrogen and oxygen atoms in total.